The van der Waals surface area contributed by atoms with Crippen LogP contribution in [0.5, 0.6) is 5.88 Å². The van der Waals surface area contributed by atoms with Crippen molar-refractivity contribution < 1.29 is 4.74 Å². The lowest BCUT2D eigenvalue weighted by Crippen LogP contribution is -2.13. The highest BCUT2D eigenvalue weighted by atomic mass is 16.5. The Labute approximate surface area is 136 Å². The predicted molar refractivity (Wildman–Crippen MR) is 93.1 cm³/mol. The van der Waals surface area contributed by atoms with E-state index in [9.17, 15) is 0 Å². The maximum atomic E-state index is 5.39. The van der Waals surface area contributed by atoms with Crippen LogP contribution >= 0.6 is 0 Å². The van der Waals surface area contributed by atoms with Crippen LogP contribution < -0.4 is 9.64 Å². The number of hydrogen-bond donors (Lipinski definition) is 0. The number of hydrogen-bond acceptors (Lipinski definition) is 5. The largest absolute Gasteiger partial charge is 0.480 e. The van der Waals surface area contributed by atoms with Crippen LogP contribution in [0.3, 0.4) is 0 Å². The molecule has 0 atom stereocenters. The Morgan fingerprint density at radius 2 is 1.83 bits per heavy atom. The van der Waals surface area contributed by atoms with E-state index in [-0.39, 0.29) is 0 Å². The summed E-state index contributed by atoms with van der Waals surface area (Å²) in [7, 11) is 5.43. The third-order valence-corrected chi connectivity index (χ3v) is 3.80. The summed E-state index contributed by atoms with van der Waals surface area (Å²) in [5.41, 5.74) is 5.25. The van der Waals surface area contributed by atoms with Crippen LogP contribution in [0.4, 0.5) is 5.95 Å². The van der Waals surface area contributed by atoms with Gasteiger partial charge in [-0.15, -0.1) is 0 Å². The van der Waals surface area contributed by atoms with Crippen molar-refractivity contribution in [3.05, 3.63) is 41.6 Å². The minimum Gasteiger partial charge on any atom is -0.480 e. The molecule has 0 amide bonds. The monoisotopic (exact) mass is 308 g/mol. The summed E-state index contributed by atoms with van der Waals surface area (Å²) >= 11 is 0. The van der Waals surface area contributed by atoms with Crippen LogP contribution in [-0.4, -0.2) is 36.2 Å². The number of aromatic nitrogens is 3. The first-order valence-electron chi connectivity index (χ1n) is 7.46. The van der Waals surface area contributed by atoms with Gasteiger partial charge in [0.1, 0.15) is 0 Å². The predicted octanol–water partition coefficient (Wildman–Crippen LogP) is 3.38. The van der Waals surface area contributed by atoms with Gasteiger partial charge in [-0.25, -0.2) is 4.98 Å². The van der Waals surface area contributed by atoms with E-state index in [1.807, 2.05) is 25.1 Å². The van der Waals surface area contributed by atoms with E-state index in [1.54, 1.807) is 13.3 Å². The lowest BCUT2D eigenvalue weighted by Gasteiger charge is -2.13. The fourth-order valence-corrected chi connectivity index (χ4v) is 2.50. The van der Waals surface area contributed by atoms with Gasteiger partial charge in [0.25, 0.3) is 0 Å². The first-order valence-corrected chi connectivity index (χ1v) is 7.46. The highest BCUT2D eigenvalue weighted by Crippen LogP contribution is 2.29. The number of pyridine rings is 1. The van der Waals surface area contributed by atoms with Crippen LogP contribution in [0.1, 0.15) is 11.1 Å². The maximum Gasteiger partial charge on any atom is 0.228 e. The van der Waals surface area contributed by atoms with Crippen molar-refractivity contribution in [1.82, 2.24) is 15.0 Å². The van der Waals surface area contributed by atoms with Crippen molar-refractivity contribution >= 4 is 16.9 Å². The smallest absolute Gasteiger partial charge is 0.228 e. The van der Waals surface area contributed by atoms with E-state index in [0.717, 1.165) is 22.2 Å². The van der Waals surface area contributed by atoms with Crippen LogP contribution in [-0.2, 0) is 0 Å². The average molecular weight is 308 g/mol. The quantitative estimate of drug-likeness (QED) is 0.742. The van der Waals surface area contributed by atoms with E-state index in [4.69, 9.17) is 4.74 Å². The van der Waals surface area contributed by atoms with E-state index < -0.39 is 0 Å². The zero-order valence-corrected chi connectivity index (χ0v) is 14.1. The minimum absolute atomic E-state index is 0.540. The van der Waals surface area contributed by atoms with Gasteiger partial charge in [-0.1, -0.05) is 17.7 Å². The second-order valence-corrected chi connectivity index (χ2v) is 5.83. The zero-order valence-electron chi connectivity index (χ0n) is 14.1. The van der Waals surface area contributed by atoms with Gasteiger partial charge in [0, 0.05) is 25.9 Å². The average Bonchev–Trinajstić information content (AvgIpc) is 2.55. The lowest BCUT2D eigenvalue weighted by atomic mass is 10.0. The van der Waals surface area contributed by atoms with Crippen LogP contribution in [0.2, 0.25) is 0 Å². The third-order valence-electron chi connectivity index (χ3n) is 3.80. The molecule has 0 spiro atoms. The molecule has 0 aliphatic rings. The summed E-state index contributed by atoms with van der Waals surface area (Å²) in [4.78, 5) is 15.5. The molecule has 0 aliphatic heterocycles. The molecule has 0 saturated carbocycles. The fraction of sp³-hybridized carbons (Fsp3) is 0.278. The van der Waals surface area contributed by atoms with E-state index in [2.05, 4.69) is 47.0 Å². The van der Waals surface area contributed by atoms with Gasteiger partial charge in [-0.05, 0) is 31.5 Å². The topological polar surface area (TPSA) is 51.1 Å². The molecular weight excluding hydrogens is 288 g/mol. The van der Waals surface area contributed by atoms with Crippen molar-refractivity contribution in [2.75, 3.05) is 26.1 Å². The standard InChI is InChI=1S/C18H20N4O/c1-11-6-7-12(2)13(8-11)15-9-16-14(10-19-15)17(23-5)21-18(20-16)22(3)4/h6-10H,1-5H3. The van der Waals surface area contributed by atoms with E-state index >= 15 is 0 Å². The summed E-state index contributed by atoms with van der Waals surface area (Å²) < 4.78 is 5.39. The molecule has 0 bridgehead atoms. The Balaban J connectivity index is 2.23. The number of methoxy groups -OCH3 is 1. The molecular formula is C18H20N4O. The Hall–Kier alpha value is -2.69. The summed E-state index contributed by atoms with van der Waals surface area (Å²) in [6.45, 7) is 4.17. The van der Waals surface area contributed by atoms with Crippen molar-refractivity contribution in [3.8, 4) is 17.1 Å². The molecule has 2 heterocycles. The molecule has 23 heavy (non-hydrogen) atoms. The van der Waals surface area contributed by atoms with Gasteiger partial charge in [0.2, 0.25) is 11.8 Å². The first kappa shape index (κ1) is 15.2. The molecule has 5 heteroatoms. The third kappa shape index (κ3) is 2.82. The van der Waals surface area contributed by atoms with Gasteiger partial charge in [-0.2, -0.15) is 4.98 Å². The van der Waals surface area contributed by atoms with Crippen LogP contribution in [0.15, 0.2) is 30.5 Å². The highest BCUT2D eigenvalue weighted by Gasteiger charge is 2.12. The molecule has 3 rings (SSSR count). The Kier molecular flexibility index (Phi) is 3.86. The molecule has 0 fully saturated rings. The summed E-state index contributed by atoms with van der Waals surface area (Å²) in [5, 5.41) is 0.812. The summed E-state index contributed by atoms with van der Waals surface area (Å²) in [6.07, 6.45) is 1.78. The van der Waals surface area contributed by atoms with Gasteiger partial charge in [0.15, 0.2) is 0 Å². The molecule has 0 saturated heterocycles. The Morgan fingerprint density at radius 1 is 1.04 bits per heavy atom. The van der Waals surface area contributed by atoms with Crippen molar-refractivity contribution in [3.63, 3.8) is 0 Å². The first-order chi connectivity index (χ1) is 11.0. The normalized spacial score (nSPS) is 10.8. The number of nitrogens with zero attached hydrogens (tertiary/aromatic N) is 4. The maximum absolute atomic E-state index is 5.39. The van der Waals surface area contributed by atoms with Crippen LogP contribution in [0.25, 0.3) is 22.2 Å². The summed E-state index contributed by atoms with van der Waals surface area (Å²) in [6, 6.07) is 8.36. The molecule has 2 aromatic heterocycles. The molecule has 0 unspecified atom stereocenters. The molecule has 0 aliphatic carbocycles. The molecule has 0 radical (unpaired) electrons. The van der Waals surface area contributed by atoms with Crippen molar-refractivity contribution in [2.45, 2.75) is 13.8 Å². The molecule has 3 aromatic rings. The lowest BCUT2D eigenvalue weighted by molar-refractivity contribution is 0.403. The molecule has 118 valence electrons. The fourth-order valence-electron chi connectivity index (χ4n) is 2.50. The SMILES string of the molecule is COc1nc(N(C)C)nc2cc(-c3cc(C)ccc3C)ncc12. The van der Waals surface area contributed by atoms with E-state index in [0.29, 0.717) is 11.8 Å². The summed E-state index contributed by atoms with van der Waals surface area (Å²) in [5.74, 6) is 1.16. The van der Waals surface area contributed by atoms with E-state index in [1.165, 1.54) is 11.1 Å². The number of rotatable bonds is 3. The van der Waals surface area contributed by atoms with Gasteiger partial charge in [-0.3, -0.25) is 4.98 Å². The highest BCUT2D eigenvalue weighted by molar-refractivity contribution is 5.87. The van der Waals surface area contributed by atoms with Gasteiger partial charge < -0.3 is 9.64 Å². The Morgan fingerprint density at radius 3 is 2.52 bits per heavy atom. The number of aryl methyl sites for hydroxylation is 2. The van der Waals surface area contributed by atoms with Crippen molar-refractivity contribution in [1.29, 1.82) is 0 Å². The van der Waals surface area contributed by atoms with Gasteiger partial charge in [0.05, 0.1) is 23.7 Å². The molecule has 5 nitrogen and oxygen atoms in total. The molecule has 1 aromatic carbocycles. The number of ether oxygens (including phenoxy) is 1. The zero-order chi connectivity index (χ0) is 16.6. The molecule has 0 N–H and O–H groups in total. The second kappa shape index (κ2) is 5.83. The van der Waals surface area contributed by atoms with Gasteiger partial charge >= 0.3 is 0 Å². The second-order valence-electron chi connectivity index (χ2n) is 5.83. The Bertz CT molecular complexity index is 874. The number of anilines is 1. The number of fused-ring (bicyclic) bond motifs is 1. The van der Waals surface area contributed by atoms with Crippen LogP contribution in [0, 0.1) is 13.8 Å². The minimum atomic E-state index is 0.540. The number of benzene rings is 1. The van der Waals surface area contributed by atoms with Crippen molar-refractivity contribution in [2.24, 2.45) is 0 Å².